The summed E-state index contributed by atoms with van der Waals surface area (Å²) in [7, 11) is 0. The van der Waals surface area contributed by atoms with Crippen molar-refractivity contribution in [2.24, 2.45) is 0 Å². The molecule has 6 heteroatoms. The summed E-state index contributed by atoms with van der Waals surface area (Å²) in [5, 5.41) is 3.59. The van der Waals surface area contributed by atoms with Crippen LogP contribution in [0, 0.1) is 0 Å². The molecule has 2 rings (SSSR count). The molecule has 0 bridgehead atoms. The lowest BCUT2D eigenvalue weighted by molar-refractivity contribution is 0.102. The standard InChI is InChI=1S/C15H14Cl2N2O2/c1-2-21-12-6-9(5-11(18)8-12)15(20)19-14-7-10(16)3-4-13(14)17/h3-8H,2,18H2,1H3,(H,19,20). The molecule has 3 N–H and O–H groups in total. The van der Waals surface area contributed by atoms with Gasteiger partial charge in [0.05, 0.1) is 17.3 Å². The SMILES string of the molecule is CCOc1cc(N)cc(C(=O)Nc2cc(Cl)ccc2Cl)c1. The number of benzene rings is 2. The maximum absolute atomic E-state index is 12.3. The summed E-state index contributed by atoms with van der Waals surface area (Å²) < 4.78 is 5.36. The molecule has 2 aromatic carbocycles. The Kier molecular flexibility index (Phi) is 4.94. The molecule has 0 aliphatic rings. The van der Waals surface area contributed by atoms with Crippen LogP contribution >= 0.6 is 23.2 Å². The van der Waals surface area contributed by atoms with Crippen LogP contribution in [-0.4, -0.2) is 12.5 Å². The number of hydrogen-bond donors (Lipinski definition) is 2. The van der Waals surface area contributed by atoms with Crippen molar-refractivity contribution in [2.45, 2.75) is 6.92 Å². The van der Waals surface area contributed by atoms with Crippen molar-refractivity contribution in [3.8, 4) is 5.75 Å². The van der Waals surface area contributed by atoms with E-state index in [2.05, 4.69) is 5.32 Å². The van der Waals surface area contributed by atoms with Crippen LogP contribution < -0.4 is 15.8 Å². The summed E-state index contributed by atoms with van der Waals surface area (Å²) in [5.74, 6) is 0.201. The number of halogens is 2. The van der Waals surface area contributed by atoms with E-state index in [4.69, 9.17) is 33.7 Å². The average Bonchev–Trinajstić information content (AvgIpc) is 2.42. The van der Waals surface area contributed by atoms with E-state index in [9.17, 15) is 4.79 Å². The monoisotopic (exact) mass is 324 g/mol. The van der Waals surface area contributed by atoms with Crippen molar-refractivity contribution in [3.63, 3.8) is 0 Å². The summed E-state index contributed by atoms with van der Waals surface area (Å²) in [6.45, 7) is 2.35. The largest absolute Gasteiger partial charge is 0.494 e. The third-order valence-corrected chi connectivity index (χ3v) is 3.24. The van der Waals surface area contributed by atoms with Gasteiger partial charge in [0.15, 0.2) is 0 Å². The highest BCUT2D eigenvalue weighted by molar-refractivity contribution is 6.35. The Hall–Kier alpha value is -1.91. The van der Waals surface area contributed by atoms with E-state index < -0.39 is 0 Å². The molecular weight excluding hydrogens is 311 g/mol. The van der Waals surface area contributed by atoms with Crippen LogP contribution in [0.2, 0.25) is 10.0 Å². The van der Waals surface area contributed by atoms with Crippen molar-refractivity contribution >= 4 is 40.5 Å². The van der Waals surface area contributed by atoms with Gasteiger partial charge < -0.3 is 15.8 Å². The van der Waals surface area contributed by atoms with Gasteiger partial charge in [-0.2, -0.15) is 0 Å². The molecule has 0 unspecified atom stereocenters. The summed E-state index contributed by atoms with van der Waals surface area (Å²) in [6.07, 6.45) is 0. The highest BCUT2D eigenvalue weighted by Gasteiger charge is 2.11. The molecule has 0 aliphatic heterocycles. The number of anilines is 2. The highest BCUT2D eigenvalue weighted by Crippen LogP contribution is 2.26. The molecule has 0 saturated carbocycles. The molecule has 1 amide bonds. The normalized spacial score (nSPS) is 10.2. The molecule has 0 radical (unpaired) electrons. The minimum Gasteiger partial charge on any atom is -0.494 e. The minimum atomic E-state index is -0.340. The van der Waals surface area contributed by atoms with E-state index in [0.29, 0.717) is 39.3 Å². The Morgan fingerprint density at radius 3 is 2.71 bits per heavy atom. The maximum Gasteiger partial charge on any atom is 0.255 e. The highest BCUT2D eigenvalue weighted by atomic mass is 35.5. The van der Waals surface area contributed by atoms with Gasteiger partial charge in [-0.1, -0.05) is 23.2 Å². The number of hydrogen-bond acceptors (Lipinski definition) is 3. The predicted molar refractivity (Wildman–Crippen MR) is 86.4 cm³/mol. The molecular formula is C15H14Cl2N2O2. The van der Waals surface area contributed by atoms with Crippen molar-refractivity contribution in [1.29, 1.82) is 0 Å². The van der Waals surface area contributed by atoms with Gasteiger partial charge in [0, 0.05) is 22.3 Å². The summed E-state index contributed by atoms with van der Waals surface area (Å²) in [4.78, 5) is 12.3. The molecule has 0 heterocycles. The van der Waals surface area contributed by atoms with E-state index >= 15 is 0 Å². The van der Waals surface area contributed by atoms with Gasteiger partial charge in [0.25, 0.3) is 5.91 Å². The minimum absolute atomic E-state index is 0.340. The number of carbonyl (C=O) groups excluding carboxylic acids is 1. The zero-order valence-electron chi connectivity index (χ0n) is 11.3. The summed E-state index contributed by atoms with van der Waals surface area (Å²) >= 11 is 11.9. The Balaban J connectivity index is 2.25. The van der Waals surface area contributed by atoms with Crippen LogP contribution in [0.1, 0.15) is 17.3 Å². The fourth-order valence-electron chi connectivity index (χ4n) is 1.79. The third-order valence-electron chi connectivity index (χ3n) is 2.68. The van der Waals surface area contributed by atoms with E-state index in [0.717, 1.165) is 0 Å². The molecule has 21 heavy (non-hydrogen) atoms. The number of carbonyl (C=O) groups is 1. The number of nitrogens with one attached hydrogen (secondary N) is 1. The van der Waals surface area contributed by atoms with E-state index in [-0.39, 0.29) is 5.91 Å². The average molecular weight is 325 g/mol. The molecule has 110 valence electrons. The van der Waals surface area contributed by atoms with Gasteiger partial charge in [-0.3, -0.25) is 4.79 Å². The molecule has 0 fully saturated rings. The summed E-state index contributed by atoms with van der Waals surface area (Å²) in [6, 6.07) is 9.69. The fraction of sp³-hybridized carbons (Fsp3) is 0.133. The predicted octanol–water partition coefficient (Wildman–Crippen LogP) is 4.23. The van der Waals surface area contributed by atoms with Crippen molar-refractivity contribution in [1.82, 2.24) is 0 Å². The van der Waals surface area contributed by atoms with Gasteiger partial charge in [-0.05, 0) is 37.3 Å². The quantitative estimate of drug-likeness (QED) is 0.827. The van der Waals surface area contributed by atoms with Crippen LogP contribution in [0.3, 0.4) is 0 Å². The first-order valence-corrected chi connectivity index (χ1v) is 7.05. The van der Waals surface area contributed by atoms with Crippen molar-refractivity contribution < 1.29 is 9.53 Å². The van der Waals surface area contributed by atoms with E-state index in [1.807, 2.05) is 6.92 Å². The van der Waals surface area contributed by atoms with Crippen LogP contribution in [0.15, 0.2) is 36.4 Å². The second kappa shape index (κ2) is 6.70. The molecule has 0 aliphatic carbocycles. The molecule has 2 aromatic rings. The van der Waals surface area contributed by atoms with Gasteiger partial charge in [0.1, 0.15) is 5.75 Å². The first kappa shape index (κ1) is 15.5. The van der Waals surface area contributed by atoms with Gasteiger partial charge in [0.2, 0.25) is 0 Å². The zero-order valence-corrected chi connectivity index (χ0v) is 12.8. The van der Waals surface area contributed by atoms with Crippen LogP contribution in [0.5, 0.6) is 5.75 Å². The zero-order chi connectivity index (χ0) is 15.4. The maximum atomic E-state index is 12.3. The van der Waals surface area contributed by atoms with Gasteiger partial charge in [-0.25, -0.2) is 0 Å². The van der Waals surface area contributed by atoms with Gasteiger partial charge >= 0.3 is 0 Å². The molecule has 4 nitrogen and oxygen atoms in total. The molecule has 0 spiro atoms. The Morgan fingerprint density at radius 2 is 2.00 bits per heavy atom. The number of amides is 1. The lowest BCUT2D eigenvalue weighted by Crippen LogP contribution is -2.13. The smallest absolute Gasteiger partial charge is 0.255 e. The number of ether oxygens (including phenoxy) is 1. The van der Waals surface area contributed by atoms with Crippen LogP contribution in [0.4, 0.5) is 11.4 Å². The third kappa shape index (κ3) is 4.03. The second-order valence-electron chi connectivity index (χ2n) is 4.30. The van der Waals surface area contributed by atoms with Gasteiger partial charge in [-0.15, -0.1) is 0 Å². The first-order chi connectivity index (χ1) is 9.99. The van der Waals surface area contributed by atoms with Crippen molar-refractivity contribution in [3.05, 3.63) is 52.0 Å². The topological polar surface area (TPSA) is 64.3 Å². The number of rotatable bonds is 4. The van der Waals surface area contributed by atoms with Crippen molar-refractivity contribution in [2.75, 3.05) is 17.7 Å². The number of nitrogen functional groups attached to an aromatic ring is 1. The van der Waals surface area contributed by atoms with Crippen LogP contribution in [0.25, 0.3) is 0 Å². The molecule has 0 aromatic heterocycles. The molecule has 0 atom stereocenters. The first-order valence-electron chi connectivity index (χ1n) is 6.29. The van der Waals surface area contributed by atoms with E-state index in [1.54, 1.807) is 36.4 Å². The molecule has 0 saturated heterocycles. The summed E-state index contributed by atoms with van der Waals surface area (Å²) in [5.41, 5.74) is 7.04. The second-order valence-corrected chi connectivity index (χ2v) is 5.15. The number of nitrogens with two attached hydrogens (primary N) is 1. The Labute approximate surface area is 132 Å². The fourth-order valence-corrected chi connectivity index (χ4v) is 2.13. The lowest BCUT2D eigenvalue weighted by atomic mass is 10.1. The van der Waals surface area contributed by atoms with Crippen LogP contribution in [-0.2, 0) is 0 Å². The lowest BCUT2D eigenvalue weighted by Gasteiger charge is -2.10. The Morgan fingerprint density at radius 1 is 1.24 bits per heavy atom. The Bertz CT molecular complexity index is 675. The van der Waals surface area contributed by atoms with E-state index in [1.165, 1.54) is 0 Å².